The minimum Gasteiger partial charge on any atom is -0.489 e. The Morgan fingerprint density at radius 1 is 0.963 bits per heavy atom. The van der Waals surface area contributed by atoms with Gasteiger partial charge in [-0.25, -0.2) is 5.43 Å². The number of rotatable bonds is 6. The molecule has 0 aliphatic carbocycles. The van der Waals surface area contributed by atoms with Crippen molar-refractivity contribution in [3.63, 3.8) is 0 Å². The van der Waals surface area contributed by atoms with Gasteiger partial charge < -0.3 is 4.74 Å². The number of carbonyl (C=O) groups is 1. The first kappa shape index (κ1) is 19.3. The third-order valence-corrected chi connectivity index (χ3v) is 4.66. The molecule has 0 bridgehead atoms. The highest BCUT2D eigenvalue weighted by atomic mass is 79.9. The van der Waals surface area contributed by atoms with Gasteiger partial charge in [0.05, 0.1) is 6.21 Å². The number of benzene rings is 3. The minimum atomic E-state index is -0.263. The summed E-state index contributed by atoms with van der Waals surface area (Å²) in [6.07, 6.45) is 1.59. The number of nitrogens with one attached hydrogen (secondary N) is 1. The van der Waals surface area contributed by atoms with Crippen molar-refractivity contribution in [2.45, 2.75) is 6.61 Å². The van der Waals surface area contributed by atoms with Crippen molar-refractivity contribution in [2.24, 2.45) is 5.10 Å². The van der Waals surface area contributed by atoms with E-state index in [4.69, 9.17) is 4.74 Å². The van der Waals surface area contributed by atoms with Crippen molar-refractivity contribution in [1.29, 1.82) is 0 Å². The minimum absolute atomic E-state index is 0.263. The highest BCUT2D eigenvalue weighted by Gasteiger charge is 2.03. The van der Waals surface area contributed by atoms with Crippen LogP contribution < -0.4 is 10.2 Å². The second kappa shape index (κ2) is 9.48. The van der Waals surface area contributed by atoms with E-state index in [1.54, 1.807) is 18.3 Å². The zero-order chi connectivity index (χ0) is 19.1. The summed E-state index contributed by atoms with van der Waals surface area (Å²) in [5.74, 6) is 0.471. The van der Waals surface area contributed by atoms with Gasteiger partial charge in [0.15, 0.2) is 0 Å². The van der Waals surface area contributed by atoms with E-state index in [0.717, 1.165) is 25.8 Å². The smallest absolute Gasteiger partial charge is 0.271 e. The Balaban J connectivity index is 1.57. The van der Waals surface area contributed by atoms with Crippen LogP contribution in [0.4, 0.5) is 0 Å². The number of nitrogens with zero attached hydrogens (tertiary/aromatic N) is 1. The third-order valence-electron chi connectivity index (χ3n) is 3.64. The molecule has 3 aromatic rings. The second-order valence-corrected chi connectivity index (χ2v) is 7.53. The summed E-state index contributed by atoms with van der Waals surface area (Å²) in [7, 11) is 0. The number of halogens is 2. The normalized spacial score (nSPS) is 10.7. The average Bonchev–Trinajstić information content (AvgIpc) is 2.67. The monoisotopic (exact) mass is 486 g/mol. The molecule has 1 amide bonds. The first-order valence-corrected chi connectivity index (χ1v) is 9.75. The number of hydrogen-bond donors (Lipinski definition) is 1. The van der Waals surface area contributed by atoms with Gasteiger partial charge in [-0.15, -0.1) is 0 Å². The van der Waals surface area contributed by atoms with Crippen molar-refractivity contribution in [2.75, 3.05) is 0 Å². The fraction of sp³-hybridized carbons (Fsp3) is 0.0476. The van der Waals surface area contributed by atoms with Gasteiger partial charge in [-0.2, -0.15) is 5.10 Å². The van der Waals surface area contributed by atoms with E-state index in [2.05, 4.69) is 42.4 Å². The zero-order valence-corrected chi connectivity index (χ0v) is 17.4. The summed E-state index contributed by atoms with van der Waals surface area (Å²) in [5.41, 5.74) is 4.97. The molecule has 0 aliphatic rings. The van der Waals surface area contributed by atoms with E-state index in [1.165, 1.54) is 0 Å². The first-order chi connectivity index (χ1) is 13.1. The molecular formula is C21H16Br2N2O2. The molecule has 0 fully saturated rings. The van der Waals surface area contributed by atoms with Crippen LogP contribution in [0.15, 0.2) is 86.8 Å². The Labute approximate surface area is 174 Å². The lowest BCUT2D eigenvalue weighted by Gasteiger charge is -2.07. The zero-order valence-electron chi connectivity index (χ0n) is 14.2. The molecule has 3 aromatic carbocycles. The molecule has 136 valence electrons. The van der Waals surface area contributed by atoms with Crippen molar-refractivity contribution >= 4 is 44.0 Å². The Bertz CT molecular complexity index is 956. The summed E-state index contributed by atoms with van der Waals surface area (Å²) in [4.78, 5) is 12.0. The maximum Gasteiger partial charge on any atom is 0.271 e. The Kier molecular flexibility index (Phi) is 6.79. The van der Waals surface area contributed by atoms with Crippen LogP contribution in [-0.4, -0.2) is 12.1 Å². The molecule has 0 spiro atoms. The topological polar surface area (TPSA) is 50.7 Å². The number of ether oxygens (including phenoxy) is 1. The molecule has 0 aliphatic heterocycles. The van der Waals surface area contributed by atoms with Crippen LogP contribution in [0.3, 0.4) is 0 Å². The molecule has 0 saturated heterocycles. The van der Waals surface area contributed by atoms with Gasteiger partial charge in [0.25, 0.3) is 5.91 Å². The van der Waals surface area contributed by atoms with Crippen molar-refractivity contribution in [3.05, 3.63) is 98.4 Å². The molecule has 1 N–H and O–H groups in total. The van der Waals surface area contributed by atoms with E-state index < -0.39 is 0 Å². The van der Waals surface area contributed by atoms with Crippen molar-refractivity contribution in [1.82, 2.24) is 5.43 Å². The maximum absolute atomic E-state index is 12.0. The van der Waals surface area contributed by atoms with Gasteiger partial charge in [-0.3, -0.25) is 4.79 Å². The number of amides is 1. The largest absolute Gasteiger partial charge is 0.489 e. The lowest BCUT2D eigenvalue weighted by atomic mass is 10.2. The fourth-order valence-electron chi connectivity index (χ4n) is 2.31. The molecular weight excluding hydrogens is 472 g/mol. The average molecular weight is 488 g/mol. The quantitative estimate of drug-likeness (QED) is 0.365. The predicted molar refractivity (Wildman–Crippen MR) is 114 cm³/mol. The molecule has 0 saturated carbocycles. The van der Waals surface area contributed by atoms with Gasteiger partial charge in [0.2, 0.25) is 0 Å². The molecule has 0 atom stereocenters. The van der Waals surface area contributed by atoms with Crippen LogP contribution in [0.5, 0.6) is 5.75 Å². The van der Waals surface area contributed by atoms with Crippen LogP contribution in [0, 0.1) is 0 Å². The standard InChI is InChI=1S/C21H16Br2N2O2/c22-18-9-7-17(8-10-18)21(26)25-24-13-15-3-2-6-20(12-15)27-14-16-4-1-5-19(23)11-16/h1-13H,14H2,(H,25,26). The van der Waals surface area contributed by atoms with E-state index in [9.17, 15) is 4.79 Å². The van der Waals surface area contributed by atoms with E-state index in [0.29, 0.717) is 12.2 Å². The lowest BCUT2D eigenvalue weighted by molar-refractivity contribution is 0.0955. The summed E-state index contributed by atoms with van der Waals surface area (Å²) < 4.78 is 7.76. The van der Waals surface area contributed by atoms with Crippen LogP contribution in [-0.2, 0) is 6.61 Å². The number of hydrogen-bond acceptors (Lipinski definition) is 3. The Morgan fingerprint density at radius 3 is 2.52 bits per heavy atom. The number of hydrazone groups is 1. The van der Waals surface area contributed by atoms with E-state index in [-0.39, 0.29) is 5.91 Å². The summed E-state index contributed by atoms with van der Waals surface area (Å²) in [6.45, 7) is 0.473. The number of carbonyl (C=O) groups excluding carboxylic acids is 1. The highest BCUT2D eigenvalue weighted by Crippen LogP contribution is 2.16. The SMILES string of the molecule is O=C(NN=Cc1cccc(OCc2cccc(Br)c2)c1)c1ccc(Br)cc1. The molecule has 3 rings (SSSR count). The molecule has 6 heteroatoms. The third kappa shape index (κ3) is 6.05. The first-order valence-electron chi connectivity index (χ1n) is 8.16. The predicted octanol–water partition coefficient (Wildman–Crippen LogP) is 5.55. The summed E-state index contributed by atoms with van der Waals surface area (Å²) >= 11 is 6.79. The Hall–Kier alpha value is -2.44. The molecule has 0 heterocycles. The van der Waals surface area contributed by atoms with Crippen LogP contribution in [0.1, 0.15) is 21.5 Å². The molecule has 0 aromatic heterocycles. The van der Waals surface area contributed by atoms with Gasteiger partial charge in [0, 0.05) is 14.5 Å². The fourth-order valence-corrected chi connectivity index (χ4v) is 3.02. The van der Waals surface area contributed by atoms with E-state index >= 15 is 0 Å². The molecule has 0 radical (unpaired) electrons. The maximum atomic E-state index is 12.0. The van der Waals surface area contributed by atoms with Crippen LogP contribution in [0.25, 0.3) is 0 Å². The highest BCUT2D eigenvalue weighted by molar-refractivity contribution is 9.10. The van der Waals surface area contributed by atoms with Gasteiger partial charge in [-0.1, -0.05) is 56.1 Å². The molecule has 0 unspecified atom stereocenters. The second-order valence-electron chi connectivity index (χ2n) is 5.70. The summed E-state index contributed by atoms with van der Waals surface area (Å²) in [6, 6.07) is 22.6. The van der Waals surface area contributed by atoms with Crippen LogP contribution in [0.2, 0.25) is 0 Å². The van der Waals surface area contributed by atoms with Crippen LogP contribution >= 0.6 is 31.9 Å². The molecule has 27 heavy (non-hydrogen) atoms. The van der Waals surface area contributed by atoms with Crippen molar-refractivity contribution in [3.8, 4) is 5.75 Å². The van der Waals surface area contributed by atoms with Gasteiger partial charge in [0.1, 0.15) is 12.4 Å². The van der Waals surface area contributed by atoms with Gasteiger partial charge in [-0.05, 0) is 59.7 Å². The van der Waals surface area contributed by atoms with Crippen molar-refractivity contribution < 1.29 is 9.53 Å². The van der Waals surface area contributed by atoms with Gasteiger partial charge >= 0.3 is 0 Å². The summed E-state index contributed by atoms with van der Waals surface area (Å²) in [5, 5.41) is 4.01. The van der Waals surface area contributed by atoms with E-state index in [1.807, 2.05) is 60.7 Å². The lowest BCUT2D eigenvalue weighted by Crippen LogP contribution is -2.17. The Morgan fingerprint density at radius 2 is 1.74 bits per heavy atom. The molecule has 4 nitrogen and oxygen atoms in total.